The van der Waals surface area contributed by atoms with Crippen LogP contribution in [0.3, 0.4) is 0 Å². The van der Waals surface area contributed by atoms with Gasteiger partial charge in [-0.3, -0.25) is 0 Å². The maximum atomic E-state index is 13.4. The molecule has 2 aromatic carbocycles. The van der Waals surface area contributed by atoms with Crippen LogP contribution in [-0.2, 0) is 17.7 Å². The Bertz CT molecular complexity index is 1610. The Morgan fingerprint density at radius 3 is 1.41 bits per heavy atom. The predicted molar refractivity (Wildman–Crippen MR) is 245 cm³/mol. The SMILES string of the molecule is CCCCC(CC)COC(=O)c1ccccc1Nc1nc(NCCC[Si](C)(O[Si](C)(C)C)O[Si](C)(C)C)nc(Nc2ccccc2C(=O)OCC(CC)CCCC)n1. The zero-order chi connectivity index (χ0) is 42.8. The number of benzene rings is 2. The lowest BCUT2D eigenvalue weighted by molar-refractivity contribution is 0.0420. The van der Waals surface area contributed by atoms with Crippen LogP contribution in [0.2, 0.25) is 51.9 Å². The molecule has 58 heavy (non-hydrogen) atoms. The number of esters is 2. The first kappa shape index (κ1) is 48.7. The van der Waals surface area contributed by atoms with E-state index in [9.17, 15) is 9.59 Å². The molecule has 0 aliphatic rings. The second-order valence-corrected chi connectivity index (χ2v) is 30.1. The van der Waals surface area contributed by atoms with E-state index in [0.29, 0.717) is 60.0 Å². The lowest BCUT2D eigenvalue weighted by Crippen LogP contribution is -2.52. The van der Waals surface area contributed by atoms with Crippen LogP contribution in [0, 0.1) is 11.8 Å². The largest absolute Gasteiger partial charge is 0.462 e. The minimum Gasteiger partial charge on any atom is -0.462 e. The van der Waals surface area contributed by atoms with Crippen molar-refractivity contribution >= 4 is 66.4 Å². The number of aromatic nitrogens is 3. The fraction of sp³-hybridized carbons (Fsp3) is 0.605. The molecule has 0 spiro atoms. The molecule has 0 aliphatic heterocycles. The number of rotatable bonds is 27. The van der Waals surface area contributed by atoms with Gasteiger partial charge in [0.15, 0.2) is 16.6 Å². The van der Waals surface area contributed by atoms with Gasteiger partial charge in [-0.1, -0.05) is 90.5 Å². The van der Waals surface area contributed by atoms with Crippen LogP contribution in [0.4, 0.5) is 29.2 Å². The van der Waals surface area contributed by atoms with Crippen LogP contribution in [0.25, 0.3) is 0 Å². The molecule has 0 saturated carbocycles. The van der Waals surface area contributed by atoms with Crippen LogP contribution in [0.15, 0.2) is 48.5 Å². The topological polar surface area (TPSA) is 146 Å². The third-order valence-electron chi connectivity index (χ3n) is 9.54. The molecule has 1 aromatic heterocycles. The summed E-state index contributed by atoms with van der Waals surface area (Å²) in [7, 11) is -6.14. The van der Waals surface area contributed by atoms with Crippen LogP contribution in [0.5, 0.6) is 0 Å². The van der Waals surface area contributed by atoms with Crippen LogP contribution in [-0.4, -0.2) is 71.8 Å². The minimum atomic E-state index is -2.45. The maximum absolute atomic E-state index is 13.4. The van der Waals surface area contributed by atoms with Crippen molar-refractivity contribution < 1.29 is 27.3 Å². The average molecular weight is 853 g/mol. The second kappa shape index (κ2) is 23.8. The standard InChI is InChI=1S/C43H72N6O6Si3/c1-12-16-23-33(14-3)31-52-39(50)35-25-18-20-27-37(35)45-42-47-41(44-29-22-30-58(11,54-56(5,6)7)55-57(8,9)10)48-43(49-42)46-38-28-21-19-26-36(38)40(51)53-32-34(15-4)24-17-13-2/h18-21,25-28,33-34H,12-17,22-24,29-32H2,1-11H3,(H3,44,45,46,47,48,49). The Morgan fingerprint density at radius 1 is 0.603 bits per heavy atom. The number of ether oxygens (including phenoxy) is 2. The molecule has 0 radical (unpaired) electrons. The first-order valence-electron chi connectivity index (χ1n) is 21.4. The van der Waals surface area contributed by atoms with Gasteiger partial charge in [0.2, 0.25) is 17.8 Å². The van der Waals surface area contributed by atoms with Gasteiger partial charge in [0.1, 0.15) is 0 Å². The maximum Gasteiger partial charge on any atom is 0.340 e. The minimum absolute atomic E-state index is 0.208. The Hall–Kier alpha value is -3.64. The van der Waals surface area contributed by atoms with E-state index in [-0.39, 0.29) is 11.9 Å². The number of hydrogen-bond donors (Lipinski definition) is 3. The molecule has 1 heterocycles. The molecule has 12 nitrogen and oxygen atoms in total. The molecule has 0 aliphatic carbocycles. The lowest BCUT2D eigenvalue weighted by atomic mass is 10.0. The van der Waals surface area contributed by atoms with Gasteiger partial charge < -0.3 is 33.7 Å². The summed E-state index contributed by atoms with van der Waals surface area (Å²) in [5, 5.41) is 9.90. The molecular weight excluding hydrogens is 781 g/mol. The fourth-order valence-electron chi connectivity index (χ4n) is 6.71. The molecule has 3 aromatic rings. The number of nitrogens with one attached hydrogen (secondary N) is 3. The predicted octanol–water partition coefficient (Wildman–Crippen LogP) is 11.7. The van der Waals surface area contributed by atoms with Gasteiger partial charge in [0.25, 0.3) is 0 Å². The van der Waals surface area contributed by atoms with E-state index in [4.69, 9.17) is 32.7 Å². The summed E-state index contributed by atoms with van der Waals surface area (Å²) in [5.41, 5.74) is 1.76. The molecule has 3 N–H and O–H groups in total. The number of nitrogens with zero attached hydrogens (tertiary/aromatic N) is 3. The van der Waals surface area contributed by atoms with Gasteiger partial charge >= 0.3 is 20.5 Å². The molecule has 3 rings (SSSR count). The normalized spacial score (nSPS) is 13.1. The summed E-state index contributed by atoms with van der Waals surface area (Å²) in [6, 6.07) is 15.2. The smallest absolute Gasteiger partial charge is 0.340 e. The first-order chi connectivity index (χ1) is 27.5. The van der Waals surface area contributed by atoms with Crippen molar-refractivity contribution in [1.29, 1.82) is 0 Å². The Kier molecular flexibility index (Phi) is 20.0. The van der Waals surface area contributed by atoms with Gasteiger partial charge in [-0.25, -0.2) is 9.59 Å². The van der Waals surface area contributed by atoms with Crippen molar-refractivity contribution in [3.63, 3.8) is 0 Å². The van der Waals surface area contributed by atoms with E-state index in [0.717, 1.165) is 63.8 Å². The van der Waals surface area contributed by atoms with Gasteiger partial charge in [-0.2, -0.15) is 15.0 Å². The molecule has 322 valence electrons. The van der Waals surface area contributed by atoms with Crippen LogP contribution in [0.1, 0.15) is 106 Å². The number of hydrogen-bond acceptors (Lipinski definition) is 12. The Balaban J connectivity index is 1.91. The van der Waals surface area contributed by atoms with E-state index in [1.54, 1.807) is 36.4 Å². The number of anilines is 5. The number of unbranched alkanes of at least 4 members (excludes halogenated alkanes) is 2. The third-order valence-corrected chi connectivity index (χ3v) is 19.2. The highest BCUT2D eigenvalue weighted by atomic mass is 28.5. The van der Waals surface area contributed by atoms with Crippen LogP contribution < -0.4 is 16.0 Å². The summed E-state index contributed by atoms with van der Waals surface area (Å²) < 4.78 is 25.1. The van der Waals surface area contributed by atoms with Gasteiger partial charge in [0.05, 0.1) is 35.7 Å². The summed E-state index contributed by atoms with van der Waals surface area (Å²) in [4.78, 5) is 41.0. The van der Waals surface area contributed by atoms with Crippen molar-refractivity contribution in [3.8, 4) is 0 Å². The van der Waals surface area contributed by atoms with Crippen LogP contribution >= 0.6 is 0 Å². The van der Waals surface area contributed by atoms with Gasteiger partial charge in [-0.15, -0.1) is 0 Å². The van der Waals surface area contributed by atoms with E-state index < -0.39 is 37.1 Å². The van der Waals surface area contributed by atoms with Crippen molar-refractivity contribution in [2.45, 2.75) is 137 Å². The Morgan fingerprint density at radius 2 is 1.02 bits per heavy atom. The molecule has 0 bridgehead atoms. The average Bonchev–Trinajstić information content (AvgIpc) is 3.15. The number of carbonyl (C=O) groups excluding carboxylic acids is 2. The highest BCUT2D eigenvalue weighted by molar-refractivity contribution is 6.87. The third kappa shape index (κ3) is 17.7. The molecule has 15 heteroatoms. The molecule has 0 fully saturated rings. The Labute approximate surface area is 351 Å². The summed E-state index contributed by atoms with van der Waals surface area (Å²) in [6.45, 7) is 25.3. The van der Waals surface area contributed by atoms with Crippen molar-refractivity contribution in [3.05, 3.63) is 59.7 Å². The highest BCUT2D eigenvalue weighted by Crippen LogP contribution is 2.28. The molecular formula is C43H72N6O6Si3. The van der Waals surface area contributed by atoms with Crippen molar-refractivity contribution in [1.82, 2.24) is 15.0 Å². The van der Waals surface area contributed by atoms with E-state index in [1.165, 1.54) is 0 Å². The number of carbonyl (C=O) groups is 2. The summed E-state index contributed by atoms with van der Waals surface area (Å²) >= 11 is 0. The monoisotopic (exact) mass is 852 g/mol. The lowest BCUT2D eigenvalue weighted by Gasteiger charge is -2.38. The fourth-order valence-corrected chi connectivity index (χ4v) is 19.3. The molecule has 0 amide bonds. The number of para-hydroxylation sites is 2. The van der Waals surface area contributed by atoms with Crippen molar-refractivity contribution in [2.75, 3.05) is 35.7 Å². The summed E-state index contributed by atoms with van der Waals surface area (Å²) in [5.74, 6) is 0.542. The molecule has 2 unspecified atom stereocenters. The zero-order valence-corrected chi connectivity index (χ0v) is 40.3. The zero-order valence-electron chi connectivity index (χ0n) is 37.3. The van der Waals surface area contributed by atoms with Gasteiger partial charge in [-0.05, 0) is 107 Å². The highest BCUT2D eigenvalue weighted by Gasteiger charge is 2.39. The molecule has 2 atom stereocenters. The molecule has 0 saturated heterocycles. The second-order valence-electron chi connectivity index (χ2n) is 17.3. The van der Waals surface area contributed by atoms with E-state index >= 15 is 0 Å². The van der Waals surface area contributed by atoms with Gasteiger partial charge in [0, 0.05) is 6.54 Å². The first-order valence-corrected chi connectivity index (χ1v) is 30.8. The van der Waals surface area contributed by atoms with Crippen molar-refractivity contribution in [2.24, 2.45) is 11.8 Å². The summed E-state index contributed by atoms with van der Waals surface area (Å²) in [6.07, 6.45) is 9.13. The quantitative estimate of drug-likeness (QED) is 0.0381. The van der Waals surface area contributed by atoms with E-state index in [2.05, 4.69) is 89.5 Å². The van der Waals surface area contributed by atoms with E-state index in [1.807, 2.05) is 12.1 Å².